The lowest BCUT2D eigenvalue weighted by Gasteiger charge is -2.27. The molecule has 39 heavy (non-hydrogen) atoms. The molecule has 4 aromatic rings. The van der Waals surface area contributed by atoms with Crippen molar-refractivity contribution in [2.24, 2.45) is 0 Å². The molecule has 1 N–H and O–H groups in total. The van der Waals surface area contributed by atoms with Crippen LogP contribution in [0.2, 0.25) is 0 Å². The highest BCUT2D eigenvalue weighted by Gasteiger charge is 2.32. The number of hydrogen-bond acceptors (Lipinski definition) is 6. The van der Waals surface area contributed by atoms with E-state index in [1.165, 1.54) is 0 Å². The zero-order chi connectivity index (χ0) is 27.0. The van der Waals surface area contributed by atoms with Crippen LogP contribution < -0.4 is 10.2 Å². The first kappa shape index (κ1) is 25.3. The number of hydrogen-bond donors (Lipinski definition) is 1. The van der Waals surface area contributed by atoms with Gasteiger partial charge >= 0.3 is 6.18 Å². The van der Waals surface area contributed by atoms with Crippen molar-refractivity contribution in [1.82, 2.24) is 19.3 Å². The Balaban J connectivity index is 1.22. The highest BCUT2D eigenvalue weighted by Crippen LogP contribution is 2.34. The van der Waals surface area contributed by atoms with Gasteiger partial charge in [-0.05, 0) is 47.9 Å². The molecule has 1 saturated heterocycles. The summed E-state index contributed by atoms with van der Waals surface area (Å²) in [6, 6.07) is 9.19. The smallest absolute Gasteiger partial charge is 0.379 e. The summed E-state index contributed by atoms with van der Waals surface area (Å²) in [5.74, 6) is -0.456. The summed E-state index contributed by atoms with van der Waals surface area (Å²) in [5, 5.41) is 2.70. The van der Waals surface area contributed by atoms with Gasteiger partial charge in [0.25, 0.3) is 5.91 Å². The Morgan fingerprint density at radius 3 is 2.69 bits per heavy atom. The molecule has 0 bridgehead atoms. The van der Waals surface area contributed by atoms with E-state index >= 15 is 0 Å². The molecular formula is C28H27F3N6O2. The van der Waals surface area contributed by atoms with Crippen LogP contribution >= 0.6 is 0 Å². The normalized spacial score (nSPS) is 16.0. The molecule has 1 fully saturated rings. The fraction of sp³-hybridized carbons (Fsp3) is 0.321. The monoisotopic (exact) mass is 536 g/mol. The number of amides is 1. The predicted molar refractivity (Wildman–Crippen MR) is 140 cm³/mol. The quantitative estimate of drug-likeness (QED) is 0.394. The van der Waals surface area contributed by atoms with E-state index in [1.807, 2.05) is 33.8 Å². The number of carbonyl (C=O) groups is 1. The SMILES string of the molecule is O=C(Nc1cc(CN2CCOCC2)cc(C(F)(F)F)c1)c1ccc2c(c1)N(Cc1cnc3cnccn13)CC2. The topological polar surface area (TPSA) is 75.0 Å². The number of nitrogens with one attached hydrogen (secondary N) is 1. The highest BCUT2D eigenvalue weighted by atomic mass is 19.4. The van der Waals surface area contributed by atoms with Crippen LogP contribution in [0.15, 0.2) is 61.2 Å². The van der Waals surface area contributed by atoms with Crippen LogP contribution in [0.1, 0.15) is 32.7 Å². The van der Waals surface area contributed by atoms with E-state index in [1.54, 1.807) is 24.5 Å². The van der Waals surface area contributed by atoms with Crippen LogP contribution in [0, 0.1) is 0 Å². The molecule has 8 nitrogen and oxygen atoms in total. The first-order valence-corrected chi connectivity index (χ1v) is 12.8. The minimum absolute atomic E-state index is 0.120. The summed E-state index contributed by atoms with van der Waals surface area (Å²) in [4.78, 5) is 25.9. The summed E-state index contributed by atoms with van der Waals surface area (Å²) >= 11 is 0. The van der Waals surface area contributed by atoms with Gasteiger partial charge in [-0.25, -0.2) is 4.98 Å². The lowest BCUT2D eigenvalue weighted by atomic mass is 10.1. The molecule has 2 aliphatic heterocycles. The van der Waals surface area contributed by atoms with Gasteiger partial charge in [0.1, 0.15) is 0 Å². The number of alkyl halides is 3. The number of rotatable bonds is 6. The van der Waals surface area contributed by atoms with Crippen molar-refractivity contribution in [1.29, 1.82) is 0 Å². The molecule has 2 aromatic heterocycles. The standard InChI is InChI=1S/C28H27F3N6O2/c29-28(30,31)22-11-19(17-35-7-9-39-10-8-35)12-23(14-22)34-27(38)21-2-1-20-3-5-36(25(20)13-21)18-24-15-33-26-16-32-4-6-37(24)26/h1-2,4,6,11-16H,3,5,7-10,17-18H2,(H,34,38). The highest BCUT2D eigenvalue weighted by molar-refractivity contribution is 6.05. The van der Waals surface area contributed by atoms with Crippen LogP contribution in [-0.2, 0) is 30.4 Å². The number of halogens is 3. The maximum Gasteiger partial charge on any atom is 0.416 e. The average Bonchev–Trinajstić information content (AvgIpc) is 3.53. The molecule has 202 valence electrons. The molecule has 6 rings (SSSR count). The van der Waals surface area contributed by atoms with E-state index in [4.69, 9.17) is 4.74 Å². The van der Waals surface area contributed by atoms with Crippen LogP contribution in [0.25, 0.3) is 5.65 Å². The van der Waals surface area contributed by atoms with Crippen LogP contribution in [-0.4, -0.2) is 58.0 Å². The zero-order valence-electron chi connectivity index (χ0n) is 21.1. The van der Waals surface area contributed by atoms with Crippen molar-refractivity contribution >= 4 is 22.9 Å². The van der Waals surface area contributed by atoms with Crippen molar-refractivity contribution in [2.75, 3.05) is 43.1 Å². The number of anilines is 2. The number of nitrogens with zero attached hydrogens (tertiary/aromatic N) is 5. The minimum atomic E-state index is -4.53. The molecule has 2 aliphatic rings. The van der Waals surface area contributed by atoms with Gasteiger partial charge in [0.15, 0.2) is 5.65 Å². The van der Waals surface area contributed by atoms with E-state index in [2.05, 4.69) is 20.2 Å². The minimum Gasteiger partial charge on any atom is -0.379 e. The molecule has 11 heteroatoms. The molecule has 0 spiro atoms. The van der Waals surface area contributed by atoms with Gasteiger partial charge in [0.05, 0.1) is 43.4 Å². The maximum absolute atomic E-state index is 13.7. The molecular weight excluding hydrogens is 509 g/mol. The fourth-order valence-corrected chi connectivity index (χ4v) is 5.20. The summed E-state index contributed by atoms with van der Waals surface area (Å²) in [6.45, 7) is 4.13. The van der Waals surface area contributed by atoms with Gasteiger partial charge in [-0.15, -0.1) is 0 Å². The Morgan fingerprint density at radius 2 is 1.87 bits per heavy atom. The van der Waals surface area contributed by atoms with Crippen molar-refractivity contribution < 1.29 is 22.7 Å². The third-order valence-corrected chi connectivity index (χ3v) is 7.17. The largest absolute Gasteiger partial charge is 0.416 e. The summed E-state index contributed by atoms with van der Waals surface area (Å²) in [5.41, 5.74) is 4.01. The number of imidazole rings is 1. The van der Waals surface area contributed by atoms with E-state index in [0.29, 0.717) is 50.5 Å². The summed E-state index contributed by atoms with van der Waals surface area (Å²) in [7, 11) is 0. The number of carbonyl (C=O) groups excluding carboxylic acids is 1. The molecule has 1 amide bonds. The van der Waals surface area contributed by atoms with Gasteiger partial charge < -0.3 is 15.0 Å². The number of morpholine rings is 1. The lowest BCUT2D eigenvalue weighted by molar-refractivity contribution is -0.137. The number of ether oxygens (including phenoxy) is 1. The molecule has 2 aromatic carbocycles. The van der Waals surface area contributed by atoms with Crippen LogP contribution in [0.5, 0.6) is 0 Å². The third-order valence-electron chi connectivity index (χ3n) is 7.17. The second-order valence-corrected chi connectivity index (χ2v) is 9.83. The van der Waals surface area contributed by atoms with E-state index < -0.39 is 17.6 Å². The van der Waals surface area contributed by atoms with Gasteiger partial charge in [-0.1, -0.05) is 6.07 Å². The Labute approximate surface area is 223 Å². The average molecular weight is 537 g/mol. The van der Waals surface area contributed by atoms with Crippen molar-refractivity contribution in [3.8, 4) is 0 Å². The van der Waals surface area contributed by atoms with Gasteiger partial charge in [-0.3, -0.25) is 19.1 Å². The molecule has 0 saturated carbocycles. The first-order chi connectivity index (χ1) is 18.8. The molecule has 0 aliphatic carbocycles. The second-order valence-electron chi connectivity index (χ2n) is 9.83. The van der Waals surface area contributed by atoms with E-state index in [-0.39, 0.29) is 5.69 Å². The van der Waals surface area contributed by atoms with E-state index in [0.717, 1.165) is 47.7 Å². The Kier molecular flexibility index (Phi) is 6.69. The van der Waals surface area contributed by atoms with Gasteiger partial charge in [0, 0.05) is 55.5 Å². The van der Waals surface area contributed by atoms with Crippen LogP contribution in [0.3, 0.4) is 0 Å². The number of fused-ring (bicyclic) bond motifs is 2. The first-order valence-electron chi connectivity index (χ1n) is 12.8. The maximum atomic E-state index is 13.7. The van der Waals surface area contributed by atoms with E-state index in [9.17, 15) is 18.0 Å². The third kappa shape index (κ3) is 5.45. The molecule has 0 unspecified atom stereocenters. The Hall–Kier alpha value is -3.96. The zero-order valence-corrected chi connectivity index (χ0v) is 21.1. The van der Waals surface area contributed by atoms with Gasteiger partial charge in [0.2, 0.25) is 0 Å². The fourth-order valence-electron chi connectivity index (χ4n) is 5.20. The Morgan fingerprint density at radius 1 is 1.03 bits per heavy atom. The summed E-state index contributed by atoms with van der Waals surface area (Å²) in [6.07, 6.45) is 3.40. The predicted octanol–water partition coefficient (Wildman–Crippen LogP) is 4.40. The van der Waals surface area contributed by atoms with Gasteiger partial charge in [-0.2, -0.15) is 13.2 Å². The lowest BCUT2D eigenvalue weighted by Crippen LogP contribution is -2.35. The Bertz CT molecular complexity index is 1510. The molecule has 4 heterocycles. The van der Waals surface area contributed by atoms with Crippen molar-refractivity contribution in [3.63, 3.8) is 0 Å². The summed E-state index contributed by atoms with van der Waals surface area (Å²) < 4.78 is 48.3. The van der Waals surface area contributed by atoms with Crippen molar-refractivity contribution in [2.45, 2.75) is 25.7 Å². The van der Waals surface area contributed by atoms with Crippen molar-refractivity contribution in [3.05, 3.63) is 89.1 Å². The molecule has 0 radical (unpaired) electrons. The van der Waals surface area contributed by atoms with Crippen LogP contribution in [0.4, 0.5) is 24.5 Å². The molecule has 0 atom stereocenters. The number of benzene rings is 2. The second kappa shape index (κ2) is 10.3. The number of aromatic nitrogens is 3.